The summed E-state index contributed by atoms with van der Waals surface area (Å²) in [6.07, 6.45) is 2.00. The average Bonchev–Trinajstić information content (AvgIpc) is 2.97. The van der Waals surface area contributed by atoms with Gasteiger partial charge >= 0.3 is 0 Å². The maximum atomic E-state index is 6.30. The van der Waals surface area contributed by atoms with Gasteiger partial charge < -0.3 is 10.7 Å². The Morgan fingerprint density at radius 1 is 1.29 bits per heavy atom. The van der Waals surface area contributed by atoms with Crippen LogP contribution in [0.4, 0.5) is 0 Å². The van der Waals surface area contributed by atoms with Crippen LogP contribution in [0.5, 0.6) is 0 Å². The molecule has 2 aromatic heterocycles. The molecule has 0 saturated heterocycles. The largest absolute Gasteiger partial charge is 0.361 e. The molecule has 17 heavy (non-hydrogen) atoms. The lowest BCUT2D eigenvalue weighted by atomic mass is 10.1. The van der Waals surface area contributed by atoms with Gasteiger partial charge in [-0.3, -0.25) is 0 Å². The van der Waals surface area contributed by atoms with Crippen LogP contribution in [-0.4, -0.2) is 4.98 Å². The zero-order valence-corrected chi connectivity index (χ0v) is 11.4. The van der Waals surface area contributed by atoms with Gasteiger partial charge in [0.2, 0.25) is 0 Å². The van der Waals surface area contributed by atoms with E-state index in [1.165, 1.54) is 10.3 Å². The highest BCUT2D eigenvalue weighted by Crippen LogP contribution is 2.30. The number of hydrogen-bond donors (Lipinski definition) is 2. The summed E-state index contributed by atoms with van der Waals surface area (Å²) in [5, 5.41) is 3.24. The van der Waals surface area contributed by atoms with Crippen molar-refractivity contribution in [2.75, 3.05) is 0 Å². The molecule has 3 rings (SSSR count). The summed E-state index contributed by atoms with van der Waals surface area (Å²) in [5.41, 5.74) is 8.56. The first-order valence-corrected chi connectivity index (χ1v) is 6.98. The molecular formula is C13H11BrN2S. The van der Waals surface area contributed by atoms with Gasteiger partial charge in [-0.1, -0.05) is 22.0 Å². The van der Waals surface area contributed by atoms with E-state index in [1.54, 1.807) is 11.3 Å². The Bertz CT molecular complexity index is 643. The smallest absolute Gasteiger partial charge is 0.0667 e. The summed E-state index contributed by atoms with van der Waals surface area (Å²) in [4.78, 5) is 4.45. The minimum absolute atomic E-state index is 0.0574. The van der Waals surface area contributed by atoms with E-state index >= 15 is 0 Å². The minimum atomic E-state index is -0.0574. The predicted molar refractivity (Wildman–Crippen MR) is 76.3 cm³/mol. The summed E-state index contributed by atoms with van der Waals surface area (Å²) in [5.74, 6) is 0. The van der Waals surface area contributed by atoms with Gasteiger partial charge in [0.15, 0.2) is 0 Å². The summed E-state index contributed by atoms with van der Waals surface area (Å²) < 4.78 is 1.07. The van der Waals surface area contributed by atoms with E-state index in [2.05, 4.69) is 44.5 Å². The molecule has 2 heterocycles. The van der Waals surface area contributed by atoms with Crippen molar-refractivity contribution < 1.29 is 0 Å². The van der Waals surface area contributed by atoms with E-state index in [0.717, 1.165) is 15.6 Å². The molecule has 0 fully saturated rings. The van der Waals surface area contributed by atoms with Crippen molar-refractivity contribution in [3.8, 4) is 0 Å². The Hall–Kier alpha value is -1.10. The zero-order chi connectivity index (χ0) is 11.8. The van der Waals surface area contributed by atoms with Crippen molar-refractivity contribution in [3.05, 3.63) is 56.8 Å². The normalized spacial score (nSPS) is 13.1. The lowest BCUT2D eigenvalue weighted by Gasteiger charge is -2.08. The number of nitrogens with two attached hydrogens (primary N) is 1. The first-order chi connectivity index (χ1) is 8.25. The number of aromatic amines is 1. The number of halogens is 1. The van der Waals surface area contributed by atoms with Gasteiger partial charge in [0, 0.05) is 26.4 Å². The molecule has 1 atom stereocenters. The number of nitrogens with one attached hydrogen (secondary N) is 1. The van der Waals surface area contributed by atoms with Crippen molar-refractivity contribution >= 4 is 38.2 Å². The Morgan fingerprint density at radius 2 is 2.18 bits per heavy atom. The van der Waals surface area contributed by atoms with Crippen molar-refractivity contribution in [2.24, 2.45) is 5.73 Å². The number of benzene rings is 1. The molecule has 0 radical (unpaired) electrons. The molecule has 0 saturated carbocycles. The first kappa shape index (κ1) is 11.0. The van der Waals surface area contributed by atoms with E-state index < -0.39 is 0 Å². The van der Waals surface area contributed by atoms with Gasteiger partial charge in [-0.05, 0) is 35.2 Å². The van der Waals surface area contributed by atoms with E-state index in [0.29, 0.717) is 0 Å². The van der Waals surface area contributed by atoms with Crippen LogP contribution in [0.15, 0.2) is 46.4 Å². The Morgan fingerprint density at radius 3 is 2.94 bits per heavy atom. The van der Waals surface area contributed by atoms with E-state index in [9.17, 15) is 0 Å². The molecule has 0 aliphatic heterocycles. The molecule has 1 aromatic carbocycles. The van der Waals surface area contributed by atoms with Gasteiger partial charge in [-0.25, -0.2) is 0 Å². The van der Waals surface area contributed by atoms with Crippen LogP contribution in [0, 0.1) is 0 Å². The van der Waals surface area contributed by atoms with Gasteiger partial charge in [0.25, 0.3) is 0 Å². The van der Waals surface area contributed by atoms with Crippen LogP contribution >= 0.6 is 27.3 Å². The Kier molecular flexibility index (Phi) is 2.78. The summed E-state index contributed by atoms with van der Waals surface area (Å²) >= 11 is 5.19. The highest BCUT2D eigenvalue weighted by Gasteiger charge is 2.14. The molecular weight excluding hydrogens is 296 g/mol. The number of rotatable bonds is 2. The topological polar surface area (TPSA) is 41.8 Å². The molecule has 0 spiro atoms. The first-order valence-electron chi connectivity index (χ1n) is 5.31. The number of hydrogen-bond acceptors (Lipinski definition) is 2. The fraction of sp³-hybridized carbons (Fsp3) is 0.0769. The highest BCUT2D eigenvalue weighted by atomic mass is 79.9. The third-order valence-electron chi connectivity index (χ3n) is 2.86. The molecule has 0 bridgehead atoms. The van der Waals surface area contributed by atoms with Gasteiger partial charge in [-0.2, -0.15) is 0 Å². The van der Waals surface area contributed by atoms with Gasteiger partial charge in [-0.15, -0.1) is 11.3 Å². The number of H-pyrrole nitrogens is 1. The fourth-order valence-corrected chi connectivity index (χ4v) is 3.10. The summed E-state index contributed by atoms with van der Waals surface area (Å²) in [6, 6.07) is 10.2. The van der Waals surface area contributed by atoms with Crippen LogP contribution in [0.25, 0.3) is 10.9 Å². The van der Waals surface area contributed by atoms with Crippen molar-refractivity contribution in [2.45, 2.75) is 6.04 Å². The average molecular weight is 307 g/mol. The molecule has 0 unspecified atom stereocenters. The highest BCUT2D eigenvalue weighted by molar-refractivity contribution is 9.10. The second-order valence-electron chi connectivity index (χ2n) is 3.93. The second-order valence-corrected chi connectivity index (χ2v) is 5.82. The number of aromatic nitrogens is 1. The molecule has 3 N–H and O–H groups in total. The summed E-state index contributed by atoms with van der Waals surface area (Å²) in [6.45, 7) is 0. The van der Waals surface area contributed by atoms with Crippen LogP contribution in [0.3, 0.4) is 0 Å². The predicted octanol–water partition coefficient (Wildman–Crippen LogP) is 4.04. The van der Waals surface area contributed by atoms with Crippen molar-refractivity contribution in [3.63, 3.8) is 0 Å². The van der Waals surface area contributed by atoms with Crippen LogP contribution in [-0.2, 0) is 0 Å². The third kappa shape index (κ3) is 1.92. The monoisotopic (exact) mass is 306 g/mol. The maximum Gasteiger partial charge on any atom is 0.0667 e. The number of thiophene rings is 1. The van der Waals surface area contributed by atoms with E-state index in [1.807, 2.05) is 18.3 Å². The molecule has 2 nitrogen and oxygen atoms in total. The Labute approximate surface area is 112 Å². The molecule has 4 heteroatoms. The van der Waals surface area contributed by atoms with Gasteiger partial charge in [0.05, 0.1) is 6.04 Å². The van der Waals surface area contributed by atoms with Crippen molar-refractivity contribution in [1.82, 2.24) is 4.98 Å². The fourth-order valence-electron chi connectivity index (χ4n) is 1.99. The molecule has 0 aliphatic carbocycles. The summed E-state index contributed by atoms with van der Waals surface area (Å²) in [7, 11) is 0. The Balaban J connectivity index is 2.14. The SMILES string of the molecule is N[C@H](c1cccs1)c1c[nH]c2ccc(Br)cc12. The lowest BCUT2D eigenvalue weighted by Crippen LogP contribution is -2.09. The van der Waals surface area contributed by atoms with Crippen LogP contribution in [0.2, 0.25) is 0 Å². The van der Waals surface area contributed by atoms with Crippen LogP contribution < -0.4 is 5.73 Å². The maximum absolute atomic E-state index is 6.30. The minimum Gasteiger partial charge on any atom is -0.361 e. The molecule has 0 amide bonds. The molecule has 0 aliphatic rings. The molecule has 86 valence electrons. The standard InChI is InChI=1S/C13H11BrN2S/c14-8-3-4-11-9(6-8)10(7-16-11)13(15)12-2-1-5-17-12/h1-7,13,16H,15H2/t13-/m0/s1. The van der Waals surface area contributed by atoms with E-state index in [-0.39, 0.29) is 6.04 Å². The van der Waals surface area contributed by atoms with Gasteiger partial charge in [0.1, 0.15) is 0 Å². The lowest BCUT2D eigenvalue weighted by molar-refractivity contribution is 0.903. The van der Waals surface area contributed by atoms with Crippen LogP contribution in [0.1, 0.15) is 16.5 Å². The van der Waals surface area contributed by atoms with E-state index in [4.69, 9.17) is 5.73 Å². The molecule has 3 aromatic rings. The quantitative estimate of drug-likeness (QED) is 0.737. The third-order valence-corrected chi connectivity index (χ3v) is 4.31. The second kappa shape index (κ2) is 4.29. The zero-order valence-electron chi connectivity index (χ0n) is 8.98. The number of fused-ring (bicyclic) bond motifs is 1. The van der Waals surface area contributed by atoms with Crippen molar-refractivity contribution in [1.29, 1.82) is 0 Å².